The zero-order valence-electron chi connectivity index (χ0n) is 41.8. The van der Waals surface area contributed by atoms with Gasteiger partial charge in [0.15, 0.2) is 0 Å². The largest absolute Gasteiger partial charge is 0.510 e. The molecule has 0 unspecified atom stereocenters. The van der Waals surface area contributed by atoms with Crippen molar-refractivity contribution in [3.63, 3.8) is 0 Å². The number of benzene rings is 7. The summed E-state index contributed by atoms with van der Waals surface area (Å²) in [4.78, 5) is 4.98. The first kappa shape index (κ1) is 48.2. The molecule has 0 spiro atoms. The van der Waals surface area contributed by atoms with Crippen molar-refractivity contribution in [2.75, 3.05) is 0 Å². The molecule has 5 nitrogen and oxygen atoms in total. The predicted octanol–water partition coefficient (Wildman–Crippen LogP) is 15.4. The first-order chi connectivity index (χ1) is 32.9. The number of pyridine rings is 1. The molecule has 0 atom stereocenters. The van der Waals surface area contributed by atoms with E-state index in [1.54, 1.807) is 0 Å². The fraction of sp³-hybridized carbons (Fsp3) is 0.219. The van der Waals surface area contributed by atoms with E-state index in [2.05, 4.69) is 265 Å². The van der Waals surface area contributed by atoms with Gasteiger partial charge in [0.2, 0.25) is 0 Å². The van der Waals surface area contributed by atoms with Gasteiger partial charge in [-0.05, 0) is 85.6 Å². The number of rotatable bonds is 10. The van der Waals surface area contributed by atoms with E-state index < -0.39 is 0 Å². The Bertz CT molecular complexity index is 3480. The molecule has 0 fully saturated rings. The first-order valence-corrected chi connectivity index (χ1v) is 24.0. The minimum Gasteiger partial charge on any atom is -0.510 e. The maximum atomic E-state index is 6.89. The second-order valence-electron chi connectivity index (χ2n) is 21.5. The minimum absolute atomic E-state index is 0. The monoisotopic (exact) mass is 1100 g/mol. The standard InChI is InChI=1S/C64H60N4O.Pt/c1-61(2,3)49-36-50(64(9,10)47-26-18-13-19-27-47)38-52(37-49)67-43-66(42-59(67)62(4,5)6)51-34-45(44-22-14-11-15-23-44)35-54(40-51)69-53-30-31-56-55-28-20-21-29-57(55)68(58(56)41-53)60-39-48(32-33-65-60)63(7,8)46-24-16-12-17-25-46;/h11-39,42H,1-10H3;/q-2;. The molecule has 7 aromatic carbocycles. The summed E-state index contributed by atoms with van der Waals surface area (Å²) in [6.07, 6.45) is 7.93. The maximum Gasteiger partial charge on any atom is 0.267 e. The Hall–Kier alpha value is -6.81. The average molecular weight is 1100 g/mol. The number of para-hydroxylation sites is 1. The Morgan fingerprint density at radius 1 is 0.500 bits per heavy atom. The Labute approximate surface area is 428 Å². The molecule has 0 N–H and O–H groups in total. The molecule has 3 aromatic heterocycles. The molecule has 6 heteroatoms. The molecule has 3 heterocycles. The fourth-order valence-corrected chi connectivity index (χ4v) is 9.53. The average Bonchev–Trinajstić information content (AvgIpc) is 3.96. The second-order valence-corrected chi connectivity index (χ2v) is 21.5. The van der Waals surface area contributed by atoms with Crippen LogP contribution in [0.25, 0.3) is 50.1 Å². The van der Waals surface area contributed by atoms with E-state index in [0.29, 0.717) is 11.5 Å². The third-order valence-electron chi connectivity index (χ3n) is 13.9. The molecular weight excluding hydrogens is 1040 g/mol. The molecule has 0 aliphatic heterocycles. The Morgan fingerprint density at radius 2 is 1.11 bits per heavy atom. The van der Waals surface area contributed by atoms with Crippen molar-refractivity contribution >= 4 is 21.8 Å². The third kappa shape index (κ3) is 9.20. The maximum absolute atomic E-state index is 6.89. The van der Waals surface area contributed by atoms with Crippen LogP contribution < -0.4 is 9.30 Å². The minimum atomic E-state index is -0.240. The van der Waals surface area contributed by atoms with E-state index in [4.69, 9.17) is 9.72 Å². The summed E-state index contributed by atoms with van der Waals surface area (Å²) in [6, 6.07) is 67.6. The van der Waals surface area contributed by atoms with Crippen molar-refractivity contribution in [3.8, 4) is 39.8 Å². The molecule has 0 saturated carbocycles. The SMILES string of the molecule is CC(C)(C)c1cc(-[n+]2[c-]n(-c3[c-]c(Oc4[c-]c5c(cc4)c4ccccc4n5-c4cc(C(C)(C)c5ccccc5)ccn4)cc(-c4ccccc4)c3)cc2C(C)(C)C)cc(C(C)(C)c2ccccc2)c1.[Pt]. The predicted molar refractivity (Wildman–Crippen MR) is 282 cm³/mol. The van der Waals surface area contributed by atoms with Crippen molar-refractivity contribution in [1.82, 2.24) is 14.1 Å². The van der Waals surface area contributed by atoms with Crippen LogP contribution in [0.5, 0.6) is 11.5 Å². The van der Waals surface area contributed by atoms with E-state index in [-0.39, 0.29) is 42.7 Å². The number of aromatic nitrogens is 4. The van der Waals surface area contributed by atoms with Gasteiger partial charge in [0.25, 0.3) is 6.33 Å². The first-order valence-electron chi connectivity index (χ1n) is 24.0. The normalized spacial score (nSPS) is 12.3. The van der Waals surface area contributed by atoms with Crippen LogP contribution in [0.1, 0.15) is 103 Å². The molecule has 0 aliphatic rings. The summed E-state index contributed by atoms with van der Waals surface area (Å²) in [5, 5.41) is 2.20. The van der Waals surface area contributed by atoms with E-state index >= 15 is 0 Å². The summed E-state index contributed by atoms with van der Waals surface area (Å²) >= 11 is 0. The van der Waals surface area contributed by atoms with Crippen molar-refractivity contribution in [2.24, 2.45) is 0 Å². The number of nitrogens with zero attached hydrogens (tertiary/aromatic N) is 4. The number of ether oxygens (including phenoxy) is 1. The molecule has 0 aliphatic carbocycles. The Kier molecular flexibility index (Phi) is 12.7. The van der Waals surface area contributed by atoms with Crippen LogP contribution in [0.2, 0.25) is 0 Å². The zero-order valence-corrected chi connectivity index (χ0v) is 44.1. The number of hydrogen-bond acceptors (Lipinski definition) is 2. The van der Waals surface area contributed by atoms with Gasteiger partial charge < -0.3 is 13.9 Å². The molecule has 10 aromatic rings. The molecule has 0 radical (unpaired) electrons. The van der Waals surface area contributed by atoms with Crippen LogP contribution in [0.3, 0.4) is 0 Å². The summed E-state index contributed by atoms with van der Waals surface area (Å²) < 4.78 is 13.4. The number of imidazole rings is 1. The van der Waals surface area contributed by atoms with Gasteiger partial charge in [-0.2, -0.15) is 12.1 Å². The van der Waals surface area contributed by atoms with E-state index in [9.17, 15) is 0 Å². The second kappa shape index (κ2) is 18.5. The fourth-order valence-electron chi connectivity index (χ4n) is 9.53. The molecule has 0 amide bonds. The van der Waals surface area contributed by atoms with Gasteiger partial charge in [-0.15, -0.1) is 35.2 Å². The molecule has 0 bridgehead atoms. The van der Waals surface area contributed by atoms with Gasteiger partial charge in [-0.3, -0.25) is 4.57 Å². The Morgan fingerprint density at radius 3 is 1.77 bits per heavy atom. The molecule has 70 heavy (non-hydrogen) atoms. The quantitative estimate of drug-likeness (QED) is 0.101. The topological polar surface area (TPSA) is 35.9 Å². The molecule has 0 saturated heterocycles. The van der Waals surface area contributed by atoms with E-state index in [1.807, 2.05) is 18.3 Å². The van der Waals surface area contributed by atoms with Crippen LogP contribution in [-0.4, -0.2) is 14.1 Å². The zero-order chi connectivity index (χ0) is 48.3. The molecular formula is C64H60N4OPt-2. The molecule has 354 valence electrons. The smallest absolute Gasteiger partial charge is 0.267 e. The van der Waals surface area contributed by atoms with Crippen LogP contribution in [0.4, 0.5) is 0 Å². The van der Waals surface area contributed by atoms with Crippen LogP contribution in [0.15, 0.2) is 182 Å². The van der Waals surface area contributed by atoms with Crippen LogP contribution in [-0.2, 0) is 42.7 Å². The van der Waals surface area contributed by atoms with Crippen molar-refractivity contribution in [3.05, 3.63) is 234 Å². The summed E-state index contributed by atoms with van der Waals surface area (Å²) in [5.74, 6) is 1.97. The van der Waals surface area contributed by atoms with E-state index in [0.717, 1.165) is 55.8 Å². The number of hydrogen-bond donors (Lipinski definition) is 0. The van der Waals surface area contributed by atoms with Crippen molar-refractivity contribution in [2.45, 2.75) is 90.9 Å². The third-order valence-corrected chi connectivity index (χ3v) is 13.9. The Balaban J connectivity index is 0.00000608. The van der Waals surface area contributed by atoms with Gasteiger partial charge in [-0.1, -0.05) is 190 Å². The van der Waals surface area contributed by atoms with Crippen molar-refractivity contribution < 1.29 is 30.4 Å². The van der Waals surface area contributed by atoms with Gasteiger partial charge in [-0.25, -0.2) is 4.98 Å². The van der Waals surface area contributed by atoms with Crippen molar-refractivity contribution in [1.29, 1.82) is 0 Å². The number of fused-ring (bicyclic) bond motifs is 3. The van der Waals surface area contributed by atoms with Crippen LogP contribution >= 0.6 is 0 Å². The van der Waals surface area contributed by atoms with Crippen LogP contribution in [0, 0.1) is 18.5 Å². The van der Waals surface area contributed by atoms with E-state index in [1.165, 1.54) is 27.8 Å². The molecule has 10 rings (SSSR count). The summed E-state index contributed by atoms with van der Waals surface area (Å²) in [5.41, 5.74) is 12.5. The van der Waals surface area contributed by atoms with Gasteiger partial charge in [0, 0.05) is 61.3 Å². The van der Waals surface area contributed by atoms with Gasteiger partial charge in [0.1, 0.15) is 5.82 Å². The van der Waals surface area contributed by atoms with Gasteiger partial charge >= 0.3 is 0 Å². The summed E-state index contributed by atoms with van der Waals surface area (Å²) in [6.45, 7) is 22.8. The summed E-state index contributed by atoms with van der Waals surface area (Å²) in [7, 11) is 0. The van der Waals surface area contributed by atoms with Gasteiger partial charge in [0.05, 0.1) is 11.4 Å².